The van der Waals surface area contributed by atoms with Crippen LogP contribution in [0.3, 0.4) is 0 Å². The molecule has 3 rings (SSSR count). The number of hydrogen-bond acceptors (Lipinski definition) is 6. The van der Waals surface area contributed by atoms with Crippen LogP contribution in [0.5, 0.6) is 0 Å². The van der Waals surface area contributed by atoms with Crippen LogP contribution in [0.1, 0.15) is 29.0 Å². The Bertz CT molecular complexity index is 965. The SMILES string of the molecule is Cc1cc(C)n(C(=O)C2CCCN2S(=O)(=O)c2ccc([N+](=O)[O-])cc2)n1. The monoisotopic (exact) mass is 378 g/mol. The molecule has 1 aliphatic heterocycles. The minimum absolute atomic E-state index is 0.0730. The van der Waals surface area contributed by atoms with Crippen molar-refractivity contribution in [3.05, 3.63) is 51.8 Å². The van der Waals surface area contributed by atoms with Gasteiger partial charge in [0, 0.05) is 24.4 Å². The molecule has 0 saturated carbocycles. The fourth-order valence-corrected chi connectivity index (χ4v) is 4.79. The molecule has 0 radical (unpaired) electrons. The Balaban J connectivity index is 1.92. The number of carbonyl (C=O) groups excluding carboxylic acids is 1. The second-order valence-electron chi connectivity index (χ2n) is 6.20. The Morgan fingerprint density at radius 2 is 1.92 bits per heavy atom. The smallest absolute Gasteiger partial charge is 0.269 e. The summed E-state index contributed by atoms with van der Waals surface area (Å²) < 4.78 is 28.3. The van der Waals surface area contributed by atoms with Gasteiger partial charge in [0.2, 0.25) is 10.0 Å². The number of carbonyl (C=O) groups is 1. The number of aromatic nitrogens is 2. The minimum atomic E-state index is -3.94. The average molecular weight is 378 g/mol. The van der Waals surface area contributed by atoms with E-state index in [4.69, 9.17) is 0 Å². The van der Waals surface area contributed by atoms with Crippen LogP contribution in [-0.2, 0) is 10.0 Å². The highest BCUT2D eigenvalue weighted by atomic mass is 32.2. The van der Waals surface area contributed by atoms with E-state index in [0.717, 1.165) is 16.4 Å². The highest BCUT2D eigenvalue weighted by molar-refractivity contribution is 7.89. The van der Waals surface area contributed by atoms with Crippen molar-refractivity contribution in [1.82, 2.24) is 14.1 Å². The molecule has 1 unspecified atom stereocenters. The average Bonchev–Trinajstić information content (AvgIpc) is 3.21. The Morgan fingerprint density at radius 3 is 2.46 bits per heavy atom. The summed E-state index contributed by atoms with van der Waals surface area (Å²) >= 11 is 0. The van der Waals surface area contributed by atoms with Gasteiger partial charge in [0.05, 0.1) is 15.5 Å². The number of non-ortho nitro benzene ring substituents is 1. The van der Waals surface area contributed by atoms with E-state index >= 15 is 0 Å². The lowest BCUT2D eigenvalue weighted by atomic mass is 10.2. The molecule has 0 amide bonds. The van der Waals surface area contributed by atoms with Gasteiger partial charge in [0.15, 0.2) is 0 Å². The lowest BCUT2D eigenvalue weighted by Crippen LogP contribution is -2.43. The van der Waals surface area contributed by atoms with Gasteiger partial charge in [-0.1, -0.05) is 0 Å². The third-order valence-electron chi connectivity index (χ3n) is 4.36. The lowest BCUT2D eigenvalue weighted by molar-refractivity contribution is -0.384. The Morgan fingerprint density at radius 1 is 1.27 bits per heavy atom. The quantitative estimate of drug-likeness (QED) is 0.593. The van der Waals surface area contributed by atoms with Crippen LogP contribution >= 0.6 is 0 Å². The van der Waals surface area contributed by atoms with Gasteiger partial charge in [-0.15, -0.1) is 0 Å². The fraction of sp³-hybridized carbons (Fsp3) is 0.375. The third-order valence-corrected chi connectivity index (χ3v) is 6.28. The van der Waals surface area contributed by atoms with Gasteiger partial charge < -0.3 is 0 Å². The summed E-state index contributed by atoms with van der Waals surface area (Å²) in [6.45, 7) is 3.72. The molecule has 0 N–H and O–H groups in total. The molecular formula is C16H18N4O5S. The second kappa shape index (κ2) is 6.61. The van der Waals surface area contributed by atoms with Crippen molar-refractivity contribution >= 4 is 21.6 Å². The number of benzene rings is 1. The molecule has 9 nitrogen and oxygen atoms in total. The van der Waals surface area contributed by atoms with Crippen molar-refractivity contribution in [3.8, 4) is 0 Å². The molecule has 0 bridgehead atoms. The van der Waals surface area contributed by atoms with E-state index in [1.54, 1.807) is 19.9 Å². The van der Waals surface area contributed by atoms with Crippen molar-refractivity contribution in [2.45, 2.75) is 37.6 Å². The molecule has 2 aromatic rings. The summed E-state index contributed by atoms with van der Waals surface area (Å²) in [4.78, 5) is 22.9. The van der Waals surface area contributed by atoms with E-state index in [-0.39, 0.29) is 17.1 Å². The predicted octanol–water partition coefficient (Wildman–Crippen LogP) is 1.90. The minimum Gasteiger partial charge on any atom is -0.271 e. The molecule has 10 heteroatoms. The van der Waals surface area contributed by atoms with Gasteiger partial charge in [0.25, 0.3) is 11.6 Å². The topological polar surface area (TPSA) is 115 Å². The number of rotatable bonds is 4. The number of sulfonamides is 1. The van der Waals surface area contributed by atoms with Gasteiger partial charge >= 0.3 is 0 Å². The highest BCUT2D eigenvalue weighted by Crippen LogP contribution is 2.28. The van der Waals surface area contributed by atoms with Crippen molar-refractivity contribution in [2.75, 3.05) is 6.54 Å². The van der Waals surface area contributed by atoms with Crippen molar-refractivity contribution in [1.29, 1.82) is 0 Å². The molecule has 0 aliphatic carbocycles. The molecule has 1 atom stereocenters. The van der Waals surface area contributed by atoms with E-state index in [1.807, 2.05) is 0 Å². The summed E-state index contributed by atoms with van der Waals surface area (Å²) in [7, 11) is -3.94. The third kappa shape index (κ3) is 3.13. The van der Waals surface area contributed by atoms with E-state index in [1.165, 1.54) is 16.8 Å². The normalized spacial score (nSPS) is 18.2. The molecule has 1 saturated heterocycles. The first-order valence-corrected chi connectivity index (χ1v) is 9.49. The zero-order valence-corrected chi connectivity index (χ0v) is 15.1. The maximum atomic E-state index is 12.9. The first kappa shape index (κ1) is 18.2. The van der Waals surface area contributed by atoms with Crippen LogP contribution in [0.15, 0.2) is 35.2 Å². The fourth-order valence-electron chi connectivity index (χ4n) is 3.14. The number of nitro groups is 1. The molecule has 0 spiro atoms. The van der Waals surface area contributed by atoms with E-state index in [2.05, 4.69) is 5.10 Å². The van der Waals surface area contributed by atoms with Gasteiger partial charge in [-0.05, 0) is 44.9 Å². The van der Waals surface area contributed by atoms with Crippen molar-refractivity contribution in [3.63, 3.8) is 0 Å². The Kier molecular flexibility index (Phi) is 4.63. The molecule has 1 aliphatic rings. The summed E-state index contributed by atoms with van der Waals surface area (Å²) in [5.74, 6) is -0.390. The predicted molar refractivity (Wildman–Crippen MR) is 92.3 cm³/mol. The standard InChI is InChI=1S/C16H18N4O5S/c1-11-10-12(2)19(17-11)16(21)15-4-3-9-18(15)26(24,25)14-7-5-13(6-8-14)20(22)23/h5-8,10,15H,3-4,9H2,1-2H3. The van der Waals surface area contributed by atoms with E-state index in [0.29, 0.717) is 24.2 Å². The first-order valence-electron chi connectivity index (χ1n) is 8.05. The summed E-state index contributed by atoms with van der Waals surface area (Å²) in [5.41, 5.74) is 1.13. The molecule has 1 fully saturated rings. The van der Waals surface area contributed by atoms with E-state index in [9.17, 15) is 23.3 Å². The molecule has 2 heterocycles. The van der Waals surface area contributed by atoms with Crippen LogP contribution < -0.4 is 0 Å². The van der Waals surface area contributed by atoms with Gasteiger partial charge in [-0.3, -0.25) is 14.9 Å². The van der Waals surface area contributed by atoms with Crippen LogP contribution in [0.2, 0.25) is 0 Å². The maximum Gasteiger partial charge on any atom is 0.269 e. The van der Waals surface area contributed by atoms with Crippen molar-refractivity contribution in [2.24, 2.45) is 0 Å². The number of nitro benzene ring substituents is 1. The number of nitrogens with zero attached hydrogens (tertiary/aromatic N) is 4. The molecule has 26 heavy (non-hydrogen) atoms. The molecule has 138 valence electrons. The lowest BCUT2D eigenvalue weighted by Gasteiger charge is -2.23. The molecule has 1 aromatic heterocycles. The Hall–Kier alpha value is -2.59. The van der Waals surface area contributed by atoms with Gasteiger partial charge in [0.1, 0.15) is 6.04 Å². The van der Waals surface area contributed by atoms with Crippen LogP contribution in [0.4, 0.5) is 5.69 Å². The number of hydrogen-bond donors (Lipinski definition) is 0. The maximum absolute atomic E-state index is 12.9. The summed E-state index contributed by atoms with van der Waals surface area (Å²) in [6.07, 6.45) is 0.964. The van der Waals surface area contributed by atoms with Crippen molar-refractivity contribution < 1.29 is 18.1 Å². The van der Waals surface area contributed by atoms with Crippen LogP contribution in [0, 0.1) is 24.0 Å². The largest absolute Gasteiger partial charge is 0.271 e. The molecule has 1 aromatic carbocycles. The summed E-state index contributed by atoms with van der Waals surface area (Å²) in [6, 6.07) is 5.57. The number of aryl methyl sites for hydroxylation is 2. The Labute approximate surface area is 150 Å². The second-order valence-corrected chi connectivity index (χ2v) is 8.09. The van der Waals surface area contributed by atoms with Gasteiger partial charge in [-0.2, -0.15) is 9.40 Å². The highest BCUT2D eigenvalue weighted by Gasteiger charge is 2.40. The van der Waals surface area contributed by atoms with E-state index < -0.39 is 26.9 Å². The zero-order chi connectivity index (χ0) is 19.1. The molecular weight excluding hydrogens is 360 g/mol. The zero-order valence-electron chi connectivity index (χ0n) is 14.3. The van der Waals surface area contributed by atoms with Crippen LogP contribution in [-0.4, -0.2) is 45.9 Å². The van der Waals surface area contributed by atoms with Crippen LogP contribution in [0.25, 0.3) is 0 Å². The first-order chi connectivity index (χ1) is 12.2. The van der Waals surface area contributed by atoms with Gasteiger partial charge in [-0.25, -0.2) is 13.1 Å². The summed E-state index contributed by atoms with van der Waals surface area (Å²) in [5, 5.41) is 14.9.